The number of amides is 3. The molecular formula is C29H35F5N4O3. The molecule has 12 heteroatoms. The van der Waals surface area contributed by atoms with E-state index >= 15 is 0 Å². The Morgan fingerprint density at radius 3 is 2.37 bits per heavy atom. The fourth-order valence-electron chi connectivity index (χ4n) is 6.86. The lowest BCUT2D eigenvalue weighted by Crippen LogP contribution is -2.52. The van der Waals surface area contributed by atoms with Gasteiger partial charge in [-0.05, 0) is 63.5 Å². The van der Waals surface area contributed by atoms with Crippen molar-refractivity contribution >= 4 is 23.4 Å². The molecule has 224 valence electrons. The number of fused-ring (bicyclic) bond motifs is 1. The topological polar surface area (TPSA) is 81.8 Å². The number of piperidine rings is 1. The lowest BCUT2D eigenvalue weighted by atomic mass is 9.88. The third kappa shape index (κ3) is 5.44. The molecule has 7 nitrogen and oxygen atoms in total. The molecule has 2 N–H and O–H groups in total. The van der Waals surface area contributed by atoms with Crippen LogP contribution in [0.5, 0.6) is 0 Å². The van der Waals surface area contributed by atoms with E-state index in [2.05, 4.69) is 15.5 Å². The van der Waals surface area contributed by atoms with E-state index in [0.717, 1.165) is 11.3 Å². The molecule has 2 aliphatic heterocycles. The van der Waals surface area contributed by atoms with Gasteiger partial charge in [-0.2, -0.15) is 13.2 Å². The predicted molar refractivity (Wildman–Crippen MR) is 139 cm³/mol. The molecule has 3 amide bonds. The molecule has 3 aliphatic carbocycles. The summed E-state index contributed by atoms with van der Waals surface area (Å²) in [5.41, 5.74) is 0.383. The zero-order valence-corrected chi connectivity index (χ0v) is 22.7. The number of halogens is 5. The smallest absolute Gasteiger partial charge is 0.368 e. The highest BCUT2D eigenvalue weighted by Gasteiger charge is 2.63. The zero-order chi connectivity index (χ0) is 29.2. The lowest BCUT2D eigenvalue weighted by Gasteiger charge is -2.40. The normalized spacial score (nSPS) is 30.2. The number of anilines is 1. The Morgan fingerprint density at radius 2 is 1.76 bits per heavy atom. The summed E-state index contributed by atoms with van der Waals surface area (Å²) in [4.78, 5) is 41.1. The van der Waals surface area contributed by atoms with Gasteiger partial charge >= 0.3 is 6.18 Å². The highest BCUT2D eigenvalue weighted by molar-refractivity contribution is 6.06. The number of carbonyl (C=O) groups is 3. The highest BCUT2D eigenvalue weighted by atomic mass is 19.4. The van der Waals surface area contributed by atoms with Gasteiger partial charge in [0.1, 0.15) is 6.04 Å². The lowest BCUT2D eigenvalue weighted by molar-refractivity contribution is -0.186. The van der Waals surface area contributed by atoms with E-state index in [1.165, 1.54) is 4.90 Å². The number of rotatable bonds is 9. The highest BCUT2D eigenvalue weighted by Crippen LogP contribution is 2.57. The number of nitrogens with zero attached hydrogens (tertiary/aromatic N) is 2. The summed E-state index contributed by atoms with van der Waals surface area (Å²) in [6, 6.07) is 4.55. The van der Waals surface area contributed by atoms with Crippen molar-refractivity contribution in [2.75, 3.05) is 18.0 Å². The Labute approximate surface area is 235 Å². The van der Waals surface area contributed by atoms with E-state index in [1.54, 1.807) is 12.1 Å². The van der Waals surface area contributed by atoms with E-state index in [9.17, 15) is 36.3 Å². The molecule has 2 atom stereocenters. The third-order valence-electron chi connectivity index (χ3n) is 9.86. The maximum Gasteiger partial charge on any atom is 0.395 e. The van der Waals surface area contributed by atoms with Gasteiger partial charge in [-0.1, -0.05) is 6.07 Å². The molecule has 1 aromatic carbocycles. The van der Waals surface area contributed by atoms with Gasteiger partial charge in [-0.15, -0.1) is 0 Å². The van der Waals surface area contributed by atoms with Gasteiger partial charge in [-0.25, -0.2) is 8.78 Å². The van der Waals surface area contributed by atoms with Crippen molar-refractivity contribution < 1.29 is 36.3 Å². The summed E-state index contributed by atoms with van der Waals surface area (Å²) in [6.45, 7) is 0.489. The van der Waals surface area contributed by atoms with Crippen LogP contribution < -0.4 is 15.5 Å². The Balaban J connectivity index is 1.17. The van der Waals surface area contributed by atoms with Crippen molar-refractivity contribution in [3.05, 3.63) is 29.3 Å². The van der Waals surface area contributed by atoms with E-state index in [4.69, 9.17) is 0 Å². The minimum absolute atomic E-state index is 0.0100. The van der Waals surface area contributed by atoms with Crippen molar-refractivity contribution in [2.24, 2.45) is 11.3 Å². The van der Waals surface area contributed by atoms with Crippen LogP contribution >= 0.6 is 0 Å². The number of nitrogens with one attached hydrogen (secondary N) is 2. The number of alkyl halides is 5. The molecule has 3 saturated carbocycles. The molecule has 0 spiro atoms. The van der Waals surface area contributed by atoms with Gasteiger partial charge in [0.05, 0.1) is 5.41 Å². The van der Waals surface area contributed by atoms with Crippen molar-refractivity contribution in [3.63, 3.8) is 0 Å². The Hall–Kier alpha value is -2.76. The van der Waals surface area contributed by atoms with Crippen molar-refractivity contribution in [3.8, 4) is 0 Å². The Morgan fingerprint density at radius 1 is 1.05 bits per heavy atom. The van der Waals surface area contributed by atoms with Crippen LogP contribution in [0.15, 0.2) is 18.2 Å². The second-order valence-electron chi connectivity index (χ2n) is 12.5. The Bertz CT molecular complexity index is 1230. The summed E-state index contributed by atoms with van der Waals surface area (Å²) >= 11 is 0. The summed E-state index contributed by atoms with van der Waals surface area (Å²) in [5, 5.41) is 5.45. The molecular weight excluding hydrogens is 547 g/mol. The minimum atomic E-state index is -4.20. The van der Waals surface area contributed by atoms with E-state index in [-0.39, 0.29) is 69.1 Å². The first kappa shape index (κ1) is 28.4. The van der Waals surface area contributed by atoms with Crippen LogP contribution in [0, 0.1) is 11.3 Å². The molecule has 6 rings (SSSR count). The molecule has 2 unspecified atom stereocenters. The number of benzene rings is 1. The fourth-order valence-corrected chi connectivity index (χ4v) is 6.86. The van der Waals surface area contributed by atoms with Crippen LogP contribution in [0.3, 0.4) is 0 Å². The van der Waals surface area contributed by atoms with Crippen molar-refractivity contribution in [2.45, 2.75) is 101 Å². The summed E-state index contributed by atoms with van der Waals surface area (Å²) in [6.07, 6.45) is -0.612. The molecule has 1 saturated heterocycles. The largest absolute Gasteiger partial charge is 0.395 e. The number of carbonyl (C=O) groups excluding carboxylic acids is 3. The minimum Gasteiger partial charge on any atom is -0.368 e. The van der Waals surface area contributed by atoms with Crippen LogP contribution in [0.2, 0.25) is 0 Å². The quantitative estimate of drug-likeness (QED) is 0.330. The molecule has 0 bridgehead atoms. The average Bonchev–Trinajstić information content (AvgIpc) is 3.81. The van der Waals surface area contributed by atoms with E-state index < -0.39 is 35.4 Å². The van der Waals surface area contributed by atoms with Gasteiger partial charge in [0, 0.05) is 67.3 Å². The molecule has 5 aliphatic rings. The predicted octanol–water partition coefficient (Wildman–Crippen LogP) is 4.54. The van der Waals surface area contributed by atoms with Gasteiger partial charge in [0.15, 0.2) is 0 Å². The van der Waals surface area contributed by atoms with Crippen LogP contribution in [0.25, 0.3) is 0 Å². The fraction of sp³-hybridized carbons (Fsp3) is 0.690. The summed E-state index contributed by atoms with van der Waals surface area (Å²) in [5.74, 6) is -4.49. The molecule has 4 fully saturated rings. The molecule has 41 heavy (non-hydrogen) atoms. The number of hydrogen-bond donors (Lipinski definition) is 2. The van der Waals surface area contributed by atoms with Gasteiger partial charge < -0.3 is 15.1 Å². The van der Waals surface area contributed by atoms with Gasteiger partial charge in [-0.3, -0.25) is 19.7 Å². The van der Waals surface area contributed by atoms with E-state index in [1.807, 2.05) is 6.07 Å². The number of hydrogen-bond acceptors (Lipinski definition) is 5. The molecule has 2 heterocycles. The van der Waals surface area contributed by atoms with Crippen LogP contribution in [0.1, 0.15) is 80.1 Å². The second-order valence-corrected chi connectivity index (χ2v) is 12.5. The SMILES string of the molecule is O=C1CCC(N2Cc3c(cccc3N(CCC3CC3(F)F)C3CCC(NCC4(C(F)(F)F)CC4)CC3)C2=O)C(=O)N1. The van der Waals surface area contributed by atoms with Crippen LogP contribution in [0.4, 0.5) is 27.6 Å². The maximum atomic E-state index is 13.8. The summed E-state index contributed by atoms with van der Waals surface area (Å²) in [7, 11) is 0. The second kappa shape index (κ2) is 10.2. The average molecular weight is 583 g/mol. The molecule has 0 radical (unpaired) electrons. The molecule has 0 aromatic heterocycles. The standard InChI is InChI=1S/C29H35F5N4O3/c30-28(31)14-17(28)10-13-37(19-6-4-18(5-7-19)35-16-27(11-12-27)29(32,33)34)22-3-1-2-20-21(22)15-38(26(20)41)23-8-9-24(39)36-25(23)40/h1-3,17-19,23,35H,4-16H2,(H,36,39,40). The third-order valence-corrected chi connectivity index (χ3v) is 9.86. The van der Waals surface area contributed by atoms with Gasteiger partial charge in [0.2, 0.25) is 11.8 Å². The van der Waals surface area contributed by atoms with E-state index in [0.29, 0.717) is 44.2 Å². The number of imide groups is 1. The first-order valence-corrected chi connectivity index (χ1v) is 14.6. The maximum absolute atomic E-state index is 13.8. The van der Waals surface area contributed by atoms with Crippen LogP contribution in [-0.2, 0) is 16.1 Å². The first-order valence-electron chi connectivity index (χ1n) is 14.6. The van der Waals surface area contributed by atoms with Crippen LogP contribution in [-0.4, -0.2) is 65.9 Å². The van der Waals surface area contributed by atoms with Crippen molar-refractivity contribution in [1.82, 2.24) is 15.5 Å². The Kier molecular flexibility index (Phi) is 7.06. The zero-order valence-electron chi connectivity index (χ0n) is 22.7. The molecule has 1 aromatic rings. The van der Waals surface area contributed by atoms with Gasteiger partial charge in [0.25, 0.3) is 11.8 Å². The first-order chi connectivity index (χ1) is 19.4. The summed E-state index contributed by atoms with van der Waals surface area (Å²) < 4.78 is 67.7. The van der Waals surface area contributed by atoms with Crippen molar-refractivity contribution in [1.29, 1.82) is 0 Å². The monoisotopic (exact) mass is 582 g/mol.